The van der Waals surface area contributed by atoms with Crippen molar-refractivity contribution in [1.82, 2.24) is 9.97 Å². The normalized spacial score (nSPS) is 10.4. The molecule has 0 aliphatic carbocycles. The van der Waals surface area contributed by atoms with Crippen LogP contribution in [0.2, 0.25) is 0 Å². The van der Waals surface area contributed by atoms with Gasteiger partial charge in [-0.05, 0) is 32.9 Å². The monoisotopic (exact) mass is 217 g/mol. The molecule has 0 aromatic carbocycles. The Morgan fingerprint density at radius 1 is 1.31 bits per heavy atom. The average molecular weight is 217 g/mol. The zero-order valence-corrected chi connectivity index (χ0v) is 9.74. The van der Waals surface area contributed by atoms with Crippen LogP contribution in [0.4, 0.5) is 5.82 Å². The number of furan rings is 1. The van der Waals surface area contributed by atoms with Crippen molar-refractivity contribution in [2.45, 2.75) is 20.8 Å². The Morgan fingerprint density at radius 3 is 2.75 bits per heavy atom. The highest BCUT2D eigenvalue weighted by molar-refractivity contribution is 5.63. The second-order valence-corrected chi connectivity index (χ2v) is 3.60. The minimum absolute atomic E-state index is 0.743. The molecule has 0 atom stereocenters. The molecule has 0 bridgehead atoms. The summed E-state index contributed by atoms with van der Waals surface area (Å²) in [5.41, 5.74) is 1.87. The summed E-state index contributed by atoms with van der Waals surface area (Å²) in [7, 11) is 0. The fraction of sp³-hybridized carbons (Fsp3) is 0.333. The number of nitrogens with one attached hydrogen (secondary N) is 1. The smallest absolute Gasteiger partial charge is 0.152 e. The van der Waals surface area contributed by atoms with Crippen LogP contribution in [0.3, 0.4) is 0 Å². The second kappa shape index (κ2) is 4.35. The summed E-state index contributed by atoms with van der Waals surface area (Å²) >= 11 is 0. The number of hydrogen-bond donors (Lipinski definition) is 1. The molecule has 2 rings (SSSR count). The van der Waals surface area contributed by atoms with Gasteiger partial charge in [0, 0.05) is 12.1 Å². The van der Waals surface area contributed by atoms with Crippen LogP contribution in [0.25, 0.3) is 11.5 Å². The Morgan fingerprint density at radius 2 is 2.12 bits per heavy atom. The largest absolute Gasteiger partial charge is 0.463 e. The SMILES string of the molecule is CCNc1nc(C)nc(-c2ccco2)c1C. The van der Waals surface area contributed by atoms with Crippen LogP contribution >= 0.6 is 0 Å². The molecule has 0 saturated heterocycles. The van der Waals surface area contributed by atoms with Gasteiger partial charge in [0.05, 0.1) is 6.26 Å². The Hall–Kier alpha value is -1.84. The van der Waals surface area contributed by atoms with Crippen molar-refractivity contribution in [3.63, 3.8) is 0 Å². The fourth-order valence-corrected chi connectivity index (χ4v) is 1.62. The predicted octanol–water partition coefficient (Wildman–Crippen LogP) is 2.79. The number of aryl methyl sites for hydroxylation is 1. The molecule has 2 heterocycles. The van der Waals surface area contributed by atoms with E-state index in [1.807, 2.05) is 32.9 Å². The van der Waals surface area contributed by atoms with Gasteiger partial charge in [0.1, 0.15) is 17.3 Å². The molecule has 1 N–H and O–H groups in total. The van der Waals surface area contributed by atoms with Crippen molar-refractivity contribution in [2.75, 3.05) is 11.9 Å². The number of nitrogens with zero attached hydrogens (tertiary/aromatic N) is 2. The van der Waals surface area contributed by atoms with Gasteiger partial charge in [-0.15, -0.1) is 0 Å². The first-order valence-electron chi connectivity index (χ1n) is 5.35. The first-order chi connectivity index (χ1) is 7.72. The summed E-state index contributed by atoms with van der Waals surface area (Å²) in [4.78, 5) is 8.78. The molecule has 0 spiro atoms. The molecule has 0 saturated carbocycles. The first kappa shape index (κ1) is 10.7. The summed E-state index contributed by atoms with van der Waals surface area (Å²) in [6, 6.07) is 3.77. The summed E-state index contributed by atoms with van der Waals surface area (Å²) in [5.74, 6) is 2.40. The molecular weight excluding hydrogens is 202 g/mol. The molecule has 4 nitrogen and oxygen atoms in total. The van der Waals surface area contributed by atoms with Crippen LogP contribution < -0.4 is 5.32 Å². The van der Waals surface area contributed by atoms with Gasteiger partial charge in [0.2, 0.25) is 0 Å². The maximum atomic E-state index is 5.37. The highest BCUT2D eigenvalue weighted by atomic mass is 16.3. The third-order valence-electron chi connectivity index (χ3n) is 2.36. The van der Waals surface area contributed by atoms with E-state index < -0.39 is 0 Å². The van der Waals surface area contributed by atoms with Gasteiger partial charge in [0.15, 0.2) is 5.76 Å². The van der Waals surface area contributed by atoms with Crippen LogP contribution in [-0.4, -0.2) is 16.5 Å². The van der Waals surface area contributed by atoms with Gasteiger partial charge < -0.3 is 9.73 Å². The van der Waals surface area contributed by atoms with E-state index in [0.717, 1.165) is 35.2 Å². The topological polar surface area (TPSA) is 51.0 Å². The molecule has 16 heavy (non-hydrogen) atoms. The average Bonchev–Trinajstić information content (AvgIpc) is 2.76. The number of hydrogen-bond acceptors (Lipinski definition) is 4. The van der Waals surface area contributed by atoms with Gasteiger partial charge in [-0.3, -0.25) is 0 Å². The highest BCUT2D eigenvalue weighted by Gasteiger charge is 2.12. The van der Waals surface area contributed by atoms with E-state index in [0.29, 0.717) is 0 Å². The maximum absolute atomic E-state index is 5.37. The molecule has 84 valence electrons. The van der Waals surface area contributed by atoms with Crippen LogP contribution in [0.15, 0.2) is 22.8 Å². The van der Waals surface area contributed by atoms with Gasteiger partial charge in [-0.1, -0.05) is 0 Å². The van der Waals surface area contributed by atoms with Crippen molar-refractivity contribution in [3.8, 4) is 11.5 Å². The van der Waals surface area contributed by atoms with E-state index in [1.54, 1.807) is 6.26 Å². The number of anilines is 1. The van der Waals surface area contributed by atoms with E-state index in [4.69, 9.17) is 4.42 Å². The molecule has 0 aliphatic rings. The minimum atomic E-state index is 0.743. The zero-order valence-electron chi connectivity index (χ0n) is 9.74. The standard InChI is InChI=1S/C12H15N3O/c1-4-13-12-8(2)11(14-9(3)15-12)10-6-5-7-16-10/h5-7H,4H2,1-3H3,(H,13,14,15). The molecular formula is C12H15N3O. The molecule has 0 fully saturated rings. The highest BCUT2D eigenvalue weighted by Crippen LogP contribution is 2.25. The second-order valence-electron chi connectivity index (χ2n) is 3.60. The molecule has 0 aliphatic heterocycles. The van der Waals surface area contributed by atoms with Gasteiger partial charge in [-0.2, -0.15) is 0 Å². The minimum Gasteiger partial charge on any atom is -0.463 e. The number of aromatic nitrogens is 2. The van der Waals surface area contributed by atoms with Crippen molar-refractivity contribution in [2.24, 2.45) is 0 Å². The van der Waals surface area contributed by atoms with Crippen molar-refractivity contribution < 1.29 is 4.42 Å². The Balaban J connectivity index is 2.53. The predicted molar refractivity (Wildman–Crippen MR) is 63.4 cm³/mol. The van der Waals surface area contributed by atoms with Crippen molar-refractivity contribution in [3.05, 3.63) is 29.8 Å². The third-order valence-corrected chi connectivity index (χ3v) is 2.36. The summed E-state index contributed by atoms with van der Waals surface area (Å²) < 4.78 is 5.37. The lowest BCUT2D eigenvalue weighted by atomic mass is 10.2. The lowest BCUT2D eigenvalue weighted by Gasteiger charge is -2.10. The van der Waals surface area contributed by atoms with E-state index in [9.17, 15) is 0 Å². The number of rotatable bonds is 3. The Labute approximate surface area is 94.7 Å². The lowest BCUT2D eigenvalue weighted by molar-refractivity contribution is 0.579. The van der Waals surface area contributed by atoms with E-state index in [1.165, 1.54) is 0 Å². The molecule has 0 amide bonds. The van der Waals surface area contributed by atoms with Crippen molar-refractivity contribution >= 4 is 5.82 Å². The van der Waals surface area contributed by atoms with Crippen LogP contribution in [0, 0.1) is 13.8 Å². The summed E-state index contributed by atoms with van der Waals surface area (Å²) in [6.45, 7) is 6.76. The fourth-order valence-electron chi connectivity index (χ4n) is 1.62. The maximum Gasteiger partial charge on any atom is 0.152 e. The summed E-state index contributed by atoms with van der Waals surface area (Å²) in [5, 5.41) is 3.23. The van der Waals surface area contributed by atoms with Gasteiger partial charge in [-0.25, -0.2) is 9.97 Å². The molecule has 2 aromatic rings. The Kier molecular flexibility index (Phi) is 2.90. The first-order valence-corrected chi connectivity index (χ1v) is 5.35. The Bertz CT molecular complexity index is 477. The summed E-state index contributed by atoms with van der Waals surface area (Å²) in [6.07, 6.45) is 1.65. The molecule has 4 heteroatoms. The molecule has 0 radical (unpaired) electrons. The lowest BCUT2D eigenvalue weighted by Crippen LogP contribution is -2.05. The van der Waals surface area contributed by atoms with Gasteiger partial charge >= 0.3 is 0 Å². The zero-order chi connectivity index (χ0) is 11.5. The van der Waals surface area contributed by atoms with E-state index >= 15 is 0 Å². The van der Waals surface area contributed by atoms with E-state index in [-0.39, 0.29) is 0 Å². The van der Waals surface area contributed by atoms with E-state index in [2.05, 4.69) is 15.3 Å². The third kappa shape index (κ3) is 1.91. The van der Waals surface area contributed by atoms with Crippen LogP contribution in [0.1, 0.15) is 18.3 Å². The van der Waals surface area contributed by atoms with Crippen LogP contribution in [-0.2, 0) is 0 Å². The van der Waals surface area contributed by atoms with Gasteiger partial charge in [0.25, 0.3) is 0 Å². The van der Waals surface area contributed by atoms with Crippen LogP contribution in [0.5, 0.6) is 0 Å². The molecule has 0 unspecified atom stereocenters. The quantitative estimate of drug-likeness (QED) is 0.858. The molecule has 2 aromatic heterocycles. The van der Waals surface area contributed by atoms with Crippen molar-refractivity contribution in [1.29, 1.82) is 0 Å².